The van der Waals surface area contributed by atoms with Gasteiger partial charge >= 0.3 is 5.97 Å². The topological polar surface area (TPSA) is 26.3 Å². The van der Waals surface area contributed by atoms with Crippen LogP contribution in [0.2, 0.25) is 19.1 Å². The Morgan fingerprint density at radius 3 is 2.09 bits per heavy atom. The second-order valence-corrected chi connectivity index (χ2v) is 6.74. The highest BCUT2D eigenvalue weighted by Crippen LogP contribution is 2.09. The third-order valence-electron chi connectivity index (χ3n) is 0.918. The van der Waals surface area contributed by atoms with Crippen LogP contribution in [0, 0.1) is 0 Å². The van der Waals surface area contributed by atoms with Crippen molar-refractivity contribution in [3.63, 3.8) is 0 Å². The summed E-state index contributed by atoms with van der Waals surface area (Å²) in [6, 6.07) is 0.613. The van der Waals surface area contributed by atoms with E-state index in [1.807, 2.05) is 20.8 Å². The van der Waals surface area contributed by atoms with Crippen LogP contribution in [-0.4, -0.2) is 20.4 Å². The van der Waals surface area contributed by atoms with Crippen LogP contribution in [0.25, 0.3) is 0 Å². The molecule has 0 heterocycles. The zero-order valence-corrected chi connectivity index (χ0v) is 9.02. The van der Waals surface area contributed by atoms with E-state index in [1.165, 1.54) is 0 Å². The van der Waals surface area contributed by atoms with E-state index in [0.717, 1.165) is 0 Å². The minimum absolute atomic E-state index is 0.0589. The lowest BCUT2D eigenvalue weighted by molar-refractivity contribution is -0.151. The molecule has 65 valence electrons. The molecule has 0 bridgehead atoms. The zero-order valence-electron chi connectivity index (χ0n) is 8.02. The average molecular weight is 173 g/mol. The maximum atomic E-state index is 11.1. The third-order valence-corrected chi connectivity index (χ3v) is 1.91. The van der Waals surface area contributed by atoms with Crippen molar-refractivity contribution in [3.8, 4) is 0 Å². The molecule has 0 aromatic carbocycles. The normalized spacial score (nSPS) is 11.8. The van der Waals surface area contributed by atoms with E-state index in [-0.39, 0.29) is 11.6 Å². The number of carbonyl (C=O) groups excluding carboxylic acids is 1. The summed E-state index contributed by atoms with van der Waals surface area (Å²) in [4.78, 5) is 11.1. The molecule has 0 atom stereocenters. The number of rotatable bonds is 2. The number of carbonyl (C=O) groups is 1. The van der Waals surface area contributed by atoms with Gasteiger partial charge < -0.3 is 4.74 Å². The molecule has 0 fully saturated rings. The highest BCUT2D eigenvalue weighted by atomic mass is 28.3. The first-order valence-corrected chi connectivity index (χ1v) is 6.53. The fraction of sp³-hybridized carbons (Fsp3) is 0.875. The Kier molecular flexibility index (Phi) is 3.79. The van der Waals surface area contributed by atoms with Gasteiger partial charge in [-0.3, -0.25) is 4.79 Å². The molecule has 2 nitrogen and oxygen atoms in total. The molecular formula is C8H17O2Si. The van der Waals surface area contributed by atoms with E-state index >= 15 is 0 Å². The summed E-state index contributed by atoms with van der Waals surface area (Å²) in [5.41, 5.74) is -0.325. The van der Waals surface area contributed by atoms with Gasteiger partial charge in [0, 0.05) is 6.04 Å². The van der Waals surface area contributed by atoms with Crippen molar-refractivity contribution in [2.75, 3.05) is 0 Å². The molecule has 0 saturated heterocycles. The predicted molar refractivity (Wildman–Crippen MR) is 48.1 cm³/mol. The van der Waals surface area contributed by atoms with Gasteiger partial charge in [-0.2, -0.15) is 0 Å². The Bertz CT molecular complexity index is 136. The molecule has 11 heavy (non-hydrogen) atoms. The monoisotopic (exact) mass is 173 g/mol. The highest BCUT2D eigenvalue weighted by molar-refractivity contribution is 6.59. The summed E-state index contributed by atoms with van der Waals surface area (Å²) in [6.07, 6.45) is 0. The second-order valence-electron chi connectivity index (χ2n) is 3.97. The van der Waals surface area contributed by atoms with Gasteiger partial charge in [0.1, 0.15) is 5.60 Å². The Morgan fingerprint density at radius 1 is 1.36 bits per heavy atom. The molecule has 0 amide bonds. The van der Waals surface area contributed by atoms with Gasteiger partial charge in [0.05, 0.1) is 8.80 Å². The van der Waals surface area contributed by atoms with E-state index < -0.39 is 8.80 Å². The van der Waals surface area contributed by atoms with E-state index in [9.17, 15) is 4.79 Å². The molecule has 0 aliphatic rings. The van der Waals surface area contributed by atoms with Crippen molar-refractivity contribution in [2.24, 2.45) is 0 Å². The molecule has 0 saturated carbocycles. The highest BCUT2D eigenvalue weighted by Gasteiger charge is 2.16. The van der Waals surface area contributed by atoms with Crippen molar-refractivity contribution < 1.29 is 9.53 Å². The van der Waals surface area contributed by atoms with Gasteiger partial charge in [-0.15, -0.1) is 0 Å². The molecule has 0 aliphatic heterocycles. The predicted octanol–water partition coefficient (Wildman–Crippen LogP) is 2.08. The van der Waals surface area contributed by atoms with Gasteiger partial charge in [-0.1, -0.05) is 13.1 Å². The standard InChI is InChI=1S/C8H17O2Si/c1-8(2,3)10-7(9)6-11(4)5/h6H2,1-5H3. The summed E-state index contributed by atoms with van der Waals surface area (Å²) in [5, 5.41) is 0. The van der Waals surface area contributed by atoms with Crippen LogP contribution in [0.5, 0.6) is 0 Å². The zero-order chi connectivity index (χ0) is 9.07. The number of ether oxygens (including phenoxy) is 1. The van der Waals surface area contributed by atoms with Crippen LogP contribution >= 0.6 is 0 Å². The molecule has 0 aromatic heterocycles. The number of hydrogen-bond acceptors (Lipinski definition) is 2. The van der Waals surface area contributed by atoms with E-state index in [0.29, 0.717) is 6.04 Å². The van der Waals surface area contributed by atoms with E-state index in [4.69, 9.17) is 4.74 Å². The average Bonchev–Trinajstić information content (AvgIpc) is 1.53. The van der Waals surface area contributed by atoms with Crippen LogP contribution in [0.3, 0.4) is 0 Å². The summed E-state index contributed by atoms with van der Waals surface area (Å²) in [7, 11) is -0.480. The Labute approximate surface area is 70.5 Å². The van der Waals surface area contributed by atoms with Crippen LogP contribution in [0.4, 0.5) is 0 Å². The molecule has 0 spiro atoms. The van der Waals surface area contributed by atoms with Crippen LogP contribution in [0.1, 0.15) is 20.8 Å². The molecule has 0 N–H and O–H groups in total. The summed E-state index contributed by atoms with van der Waals surface area (Å²) in [6.45, 7) is 9.89. The maximum absolute atomic E-state index is 11.1. The molecule has 0 unspecified atom stereocenters. The fourth-order valence-corrected chi connectivity index (χ4v) is 1.32. The lowest BCUT2D eigenvalue weighted by atomic mass is 10.2. The van der Waals surface area contributed by atoms with Crippen LogP contribution < -0.4 is 0 Å². The van der Waals surface area contributed by atoms with Gasteiger partial charge in [-0.25, -0.2) is 0 Å². The first-order chi connectivity index (χ1) is 4.81. The van der Waals surface area contributed by atoms with Crippen molar-refractivity contribution in [3.05, 3.63) is 0 Å². The van der Waals surface area contributed by atoms with Gasteiger partial charge in [0.25, 0.3) is 0 Å². The first-order valence-electron chi connectivity index (χ1n) is 3.82. The van der Waals surface area contributed by atoms with Gasteiger partial charge in [0.2, 0.25) is 0 Å². The van der Waals surface area contributed by atoms with E-state index in [1.54, 1.807) is 0 Å². The smallest absolute Gasteiger partial charge is 0.303 e. The van der Waals surface area contributed by atoms with Crippen molar-refractivity contribution in [1.29, 1.82) is 0 Å². The molecule has 0 aliphatic carbocycles. The molecule has 1 radical (unpaired) electrons. The fourth-order valence-electron chi connectivity index (χ4n) is 0.666. The quantitative estimate of drug-likeness (QED) is 0.472. The Balaban J connectivity index is 3.71. The molecule has 3 heteroatoms. The third kappa shape index (κ3) is 7.59. The minimum Gasteiger partial charge on any atom is -0.460 e. The summed E-state index contributed by atoms with van der Waals surface area (Å²) < 4.78 is 5.14. The van der Waals surface area contributed by atoms with Crippen LogP contribution in [-0.2, 0) is 9.53 Å². The number of hydrogen-bond donors (Lipinski definition) is 0. The SMILES string of the molecule is C[Si](C)CC(=O)OC(C)(C)C. The Hall–Kier alpha value is -0.313. The molecule has 0 aromatic rings. The molecular weight excluding hydrogens is 156 g/mol. The van der Waals surface area contributed by atoms with Crippen LogP contribution in [0.15, 0.2) is 0 Å². The van der Waals surface area contributed by atoms with E-state index in [2.05, 4.69) is 13.1 Å². The van der Waals surface area contributed by atoms with Crippen molar-refractivity contribution >= 4 is 14.8 Å². The lowest BCUT2D eigenvalue weighted by Crippen LogP contribution is -2.25. The summed E-state index contributed by atoms with van der Waals surface area (Å²) in [5.74, 6) is -0.0589. The number of esters is 1. The van der Waals surface area contributed by atoms with Crippen molar-refractivity contribution in [2.45, 2.75) is 45.5 Å². The summed E-state index contributed by atoms with van der Waals surface area (Å²) >= 11 is 0. The van der Waals surface area contributed by atoms with Gasteiger partial charge in [-0.05, 0) is 20.8 Å². The first kappa shape index (κ1) is 10.7. The molecule has 0 rings (SSSR count). The maximum Gasteiger partial charge on any atom is 0.303 e. The largest absolute Gasteiger partial charge is 0.460 e. The van der Waals surface area contributed by atoms with Crippen molar-refractivity contribution in [1.82, 2.24) is 0 Å². The Morgan fingerprint density at radius 2 is 1.82 bits per heavy atom. The second kappa shape index (κ2) is 3.90. The van der Waals surface area contributed by atoms with Gasteiger partial charge in [0.15, 0.2) is 0 Å². The lowest BCUT2D eigenvalue weighted by Gasteiger charge is -2.19. The minimum atomic E-state index is -0.480.